The highest BCUT2D eigenvalue weighted by Crippen LogP contribution is 2.26. The number of hydrogen-bond acceptors (Lipinski definition) is 8. The van der Waals surface area contributed by atoms with Crippen molar-refractivity contribution in [1.82, 2.24) is 30.4 Å². The lowest BCUT2D eigenvalue weighted by atomic mass is 9.96. The quantitative estimate of drug-likeness (QED) is 0.336. The lowest BCUT2D eigenvalue weighted by molar-refractivity contribution is 0.0895. The van der Waals surface area contributed by atoms with Crippen molar-refractivity contribution in [3.63, 3.8) is 0 Å². The largest absolute Gasteiger partial charge is 0.341 e. The van der Waals surface area contributed by atoms with Crippen LogP contribution in [0.4, 0.5) is 11.6 Å². The Morgan fingerprint density at radius 2 is 1.81 bits per heavy atom. The topological polar surface area (TPSA) is 119 Å². The number of aromatic nitrogens is 5. The number of carbonyl (C=O) groups is 1. The summed E-state index contributed by atoms with van der Waals surface area (Å²) in [5, 5.41) is 10.1. The number of rotatable bonds is 7. The van der Waals surface area contributed by atoms with Crippen LogP contribution in [-0.2, 0) is 11.8 Å². The van der Waals surface area contributed by atoms with Gasteiger partial charge in [-0.1, -0.05) is 51.1 Å². The fraction of sp³-hybridized carbons (Fsp3) is 0.357. The van der Waals surface area contributed by atoms with Gasteiger partial charge in [0.25, 0.3) is 0 Å². The van der Waals surface area contributed by atoms with Gasteiger partial charge < -0.3 is 15.2 Å². The van der Waals surface area contributed by atoms with Crippen LogP contribution in [0.25, 0.3) is 11.3 Å². The maximum Gasteiger partial charge on any atom is 0.315 e. The van der Waals surface area contributed by atoms with E-state index in [9.17, 15) is 4.79 Å². The third-order valence-corrected chi connectivity index (χ3v) is 6.17. The molecule has 0 aliphatic carbocycles. The van der Waals surface area contributed by atoms with Gasteiger partial charge in [0.2, 0.25) is 0 Å². The number of carbonyl (C=O) groups excluding carboxylic acids is 1. The van der Waals surface area contributed by atoms with Crippen molar-refractivity contribution in [2.75, 3.05) is 5.32 Å². The first-order valence-electron chi connectivity index (χ1n) is 12.4. The van der Waals surface area contributed by atoms with Crippen molar-refractivity contribution in [3.05, 3.63) is 76.8 Å². The third-order valence-electron chi connectivity index (χ3n) is 6.17. The summed E-state index contributed by atoms with van der Waals surface area (Å²) in [6, 6.07) is 11.7. The molecule has 0 spiro atoms. The van der Waals surface area contributed by atoms with Crippen molar-refractivity contribution < 1.29 is 9.32 Å². The fourth-order valence-corrected chi connectivity index (χ4v) is 4.03. The molecular formula is C28H33N7O2. The molecule has 0 bridgehead atoms. The molecule has 9 nitrogen and oxygen atoms in total. The zero-order valence-electron chi connectivity index (χ0n) is 22.4. The van der Waals surface area contributed by atoms with Gasteiger partial charge in [-0.3, -0.25) is 4.79 Å². The van der Waals surface area contributed by atoms with Gasteiger partial charge in [-0.15, -0.1) is 0 Å². The van der Waals surface area contributed by atoms with Crippen LogP contribution >= 0.6 is 0 Å². The minimum absolute atomic E-state index is 0.0407. The van der Waals surface area contributed by atoms with E-state index in [4.69, 9.17) is 4.52 Å². The van der Waals surface area contributed by atoms with Gasteiger partial charge in [0.15, 0.2) is 5.82 Å². The molecule has 0 saturated carbocycles. The summed E-state index contributed by atoms with van der Waals surface area (Å²) in [7, 11) is 0. The SMILES string of the molecule is CCc1ccc(Nc2cc(-c3ccc([C@@H](C)NC(=O)c4nc(C(C)(C)C)no4)c(C)c3)ncn2)nc1C. The minimum atomic E-state index is -0.402. The number of benzene rings is 1. The molecule has 4 rings (SSSR count). The highest BCUT2D eigenvalue weighted by atomic mass is 16.5. The first-order chi connectivity index (χ1) is 17.5. The van der Waals surface area contributed by atoms with E-state index in [-0.39, 0.29) is 17.3 Å². The molecule has 0 aliphatic heterocycles. The number of nitrogens with zero attached hydrogens (tertiary/aromatic N) is 5. The van der Waals surface area contributed by atoms with E-state index in [1.54, 1.807) is 0 Å². The smallest absolute Gasteiger partial charge is 0.315 e. The summed E-state index contributed by atoms with van der Waals surface area (Å²) in [5.74, 6) is 1.46. The molecule has 0 aliphatic rings. The summed E-state index contributed by atoms with van der Waals surface area (Å²) in [4.78, 5) is 30.3. The average Bonchev–Trinajstić information content (AvgIpc) is 3.36. The molecule has 4 aromatic rings. The van der Waals surface area contributed by atoms with Gasteiger partial charge >= 0.3 is 11.8 Å². The van der Waals surface area contributed by atoms with Crippen LogP contribution in [0.15, 0.2) is 47.2 Å². The number of anilines is 2. The van der Waals surface area contributed by atoms with E-state index in [0.29, 0.717) is 11.6 Å². The Balaban J connectivity index is 1.48. The number of amides is 1. The molecular weight excluding hydrogens is 466 g/mol. The van der Waals surface area contributed by atoms with E-state index in [1.165, 1.54) is 11.9 Å². The summed E-state index contributed by atoms with van der Waals surface area (Å²) in [6.45, 7) is 13.9. The molecule has 1 amide bonds. The number of aryl methyl sites for hydroxylation is 3. The van der Waals surface area contributed by atoms with Gasteiger partial charge in [0, 0.05) is 22.7 Å². The third kappa shape index (κ3) is 5.99. The minimum Gasteiger partial charge on any atom is -0.341 e. The molecule has 0 unspecified atom stereocenters. The molecule has 3 aromatic heterocycles. The lowest BCUT2D eigenvalue weighted by Crippen LogP contribution is -2.27. The Kier molecular flexibility index (Phi) is 7.33. The van der Waals surface area contributed by atoms with Crippen LogP contribution < -0.4 is 10.6 Å². The van der Waals surface area contributed by atoms with Crippen LogP contribution in [0.5, 0.6) is 0 Å². The second-order valence-electron chi connectivity index (χ2n) is 10.1. The van der Waals surface area contributed by atoms with Crippen LogP contribution in [0.3, 0.4) is 0 Å². The number of pyridine rings is 1. The molecule has 1 atom stereocenters. The maximum atomic E-state index is 12.7. The first kappa shape index (κ1) is 25.9. The lowest BCUT2D eigenvalue weighted by Gasteiger charge is -2.16. The van der Waals surface area contributed by atoms with Gasteiger partial charge in [-0.05, 0) is 56.0 Å². The second-order valence-corrected chi connectivity index (χ2v) is 10.1. The van der Waals surface area contributed by atoms with Gasteiger partial charge in [-0.25, -0.2) is 15.0 Å². The maximum absolute atomic E-state index is 12.7. The summed E-state index contributed by atoms with van der Waals surface area (Å²) in [6.07, 6.45) is 2.48. The van der Waals surface area contributed by atoms with E-state index in [1.807, 2.05) is 71.9 Å². The van der Waals surface area contributed by atoms with Crippen molar-refractivity contribution in [1.29, 1.82) is 0 Å². The number of nitrogens with one attached hydrogen (secondary N) is 2. The first-order valence-corrected chi connectivity index (χ1v) is 12.4. The standard InChI is InChI=1S/C28H33N7O2/c1-8-19-10-12-23(31-17(19)3)33-24-14-22(29-15-30-24)20-9-11-21(16(2)13-20)18(4)32-25(36)26-34-27(35-37-26)28(5,6)7/h9-15,18H,8H2,1-7H3,(H,32,36)(H,29,30,31,33)/t18-/m1/s1. The monoisotopic (exact) mass is 499 g/mol. The molecule has 192 valence electrons. The molecule has 37 heavy (non-hydrogen) atoms. The Morgan fingerprint density at radius 3 is 2.46 bits per heavy atom. The molecule has 2 N–H and O–H groups in total. The van der Waals surface area contributed by atoms with Crippen LogP contribution in [0, 0.1) is 13.8 Å². The summed E-state index contributed by atoms with van der Waals surface area (Å²) < 4.78 is 5.17. The van der Waals surface area contributed by atoms with Crippen LogP contribution in [0.1, 0.15) is 79.6 Å². The Hall–Kier alpha value is -4.14. The Labute approximate surface area is 217 Å². The average molecular weight is 500 g/mol. The molecule has 0 saturated heterocycles. The molecule has 0 radical (unpaired) electrons. The van der Waals surface area contributed by atoms with Crippen molar-refractivity contribution in [2.45, 2.75) is 66.3 Å². The Morgan fingerprint density at radius 1 is 1.03 bits per heavy atom. The zero-order chi connectivity index (χ0) is 26.7. The summed E-state index contributed by atoms with van der Waals surface area (Å²) in [5.41, 5.74) is 5.66. The van der Waals surface area contributed by atoms with Crippen LogP contribution in [-0.4, -0.2) is 31.0 Å². The molecule has 0 fully saturated rings. The predicted octanol–water partition coefficient (Wildman–Crippen LogP) is 5.63. The highest BCUT2D eigenvalue weighted by molar-refractivity contribution is 5.89. The molecule has 3 heterocycles. The highest BCUT2D eigenvalue weighted by Gasteiger charge is 2.25. The Bertz CT molecular complexity index is 1420. The van der Waals surface area contributed by atoms with Gasteiger partial charge in [-0.2, -0.15) is 4.98 Å². The normalized spacial score (nSPS) is 12.3. The molecule has 9 heteroatoms. The van der Waals surface area contributed by atoms with E-state index in [2.05, 4.69) is 48.7 Å². The van der Waals surface area contributed by atoms with Crippen LogP contribution in [0.2, 0.25) is 0 Å². The zero-order valence-corrected chi connectivity index (χ0v) is 22.4. The van der Waals surface area contributed by atoms with Crippen molar-refractivity contribution in [3.8, 4) is 11.3 Å². The van der Waals surface area contributed by atoms with Crippen molar-refractivity contribution in [2.24, 2.45) is 0 Å². The second kappa shape index (κ2) is 10.5. The predicted molar refractivity (Wildman–Crippen MR) is 143 cm³/mol. The molecule has 1 aromatic carbocycles. The summed E-state index contributed by atoms with van der Waals surface area (Å²) >= 11 is 0. The van der Waals surface area contributed by atoms with Gasteiger partial charge in [0.1, 0.15) is 18.0 Å². The van der Waals surface area contributed by atoms with E-state index in [0.717, 1.165) is 40.3 Å². The van der Waals surface area contributed by atoms with E-state index < -0.39 is 5.91 Å². The fourth-order valence-electron chi connectivity index (χ4n) is 4.03. The van der Waals surface area contributed by atoms with E-state index >= 15 is 0 Å². The van der Waals surface area contributed by atoms with Gasteiger partial charge in [0.05, 0.1) is 11.7 Å². The number of hydrogen-bond donors (Lipinski definition) is 2. The van der Waals surface area contributed by atoms with Crippen molar-refractivity contribution >= 4 is 17.5 Å².